The summed E-state index contributed by atoms with van der Waals surface area (Å²) in [5.74, 6) is 1.01. The first kappa shape index (κ1) is 10.3. The fourth-order valence-corrected chi connectivity index (χ4v) is 1.70. The maximum Gasteiger partial charge on any atom is 0.127 e. The molecule has 1 heterocycles. The maximum atomic E-state index is 9.28. The molecule has 0 spiro atoms. The van der Waals surface area contributed by atoms with Crippen LogP contribution in [-0.4, -0.2) is 32.0 Å². The molecule has 0 amide bonds. The first-order valence-corrected chi connectivity index (χ1v) is 4.99. The zero-order valence-electron chi connectivity index (χ0n) is 8.69. The van der Waals surface area contributed by atoms with Crippen molar-refractivity contribution in [3.05, 3.63) is 23.8 Å². The first-order chi connectivity index (χ1) is 7.31. The Morgan fingerprint density at radius 3 is 3.27 bits per heavy atom. The number of phenols is 1. The van der Waals surface area contributed by atoms with Crippen LogP contribution < -0.4 is 10.1 Å². The highest BCUT2D eigenvalue weighted by atomic mass is 16.5. The van der Waals surface area contributed by atoms with Crippen LogP contribution >= 0.6 is 0 Å². The van der Waals surface area contributed by atoms with E-state index in [4.69, 9.17) is 9.47 Å². The maximum absolute atomic E-state index is 9.28. The number of benzene rings is 1. The zero-order chi connectivity index (χ0) is 10.7. The van der Waals surface area contributed by atoms with E-state index in [1.54, 1.807) is 19.2 Å². The van der Waals surface area contributed by atoms with Crippen LogP contribution in [0.15, 0.2) is 18.2 Å². The fourth-order valence-electron chi connectivity index (χ4n) is 1.70. The lowest BCUT2D eigenvalue weighted by Crippen LogP contribution is -2.25. The number of aromatic hydroxyl groups is 1. The molecule has 4 nitrogen and oxygen atoms in total. The standard InChI is InChI=1S/C11H15NO3/c1-14-5-4-12-10-7-15-11-6-8(13)2-3-9(10)11/h2-3,6,10,12-13H,4-5,7H2,1H3. The summed E-state index contributed by atoms with van der Waals surface area (Å²) in [5, 5.41) is 12.6. The summed E-state index contributed by atoms with van der Waals surface area (Å²) >= 11 is 0. The Morgan fingerprint density at radius 2 is 2.47 bits per heavy atom. The number of nitrogens with one attached hydrogen (secondary N) is 1. The van der Waals surface area contributed by atoms with Crippen molar-refractivity contribution in [1.82, 2.24) is 5.32 Å². The van der Waals surface area contributed by atoms with Gasteiger partial charge in [0.05, 0.1) is 12.6 Å². The molecular formula is C11H15NO3. The molecule has 0 saturated heterocycles. The van der Waals surface area contributed by atoms with Crippen molar-refractivity contribution in [2.45, 2.75) is 6.04 Å². The third kappa shape index (κ3) is 2.22. The van der Waals surface area contributed by atoms with Gasteiger partial charge in [-0.15, -0.1) is 0 Å². The predicted octanol–water partition coefficient (Wildman–Crippen LogP) is 1.06. The van der Waals surface area contributed by atoms with E-state index in [-0.39, 0.29) is 11.8 Å². The highest BCUT2D eigenvalue weighted by molar-refractivity contribution is 5.44. The highest BCUT2D eigenvalue weighted by Crippen LogP contribution is 2.34. The van der Waals surface area contributed by atoms with Gasteiger partial charge in [-0.3, -0.25) is 0 Å². The summed E-state index contributed by atoms with van der Waals surface area (Å²) in [5.41, 5.74) is 1.10. The van der Waals surface area contributed by atoms with Gasteiger partial charge >= 0.3 is 0 Å². The molecule has 1 aromatic rings. The molecule has 2 rings (SSSR count). The minimum atomic E-state index is 0.204. The molecule has 1 atom stereocenters. The van der Waals surface area contributed by atoms with Gasteiger partial charge < -0.3 is 19.9 Å². The Labute approximate surface area is 88.8 Å². The van der Waals surface area contributed by atoms with E-state index in [9.17, 15) is 5.11 Å². The van der Waals surface area contributed by atoms with E-state index in [2.05, 4.69) is 5.32 Å². The number of methoxy groups -OCH3 is 1. The van der Waals surface area contributed by atoms with Crippen molar-refractivity contribution in [3.63, 3.8) is 0 Å². The predicted molar refractivity (Wildman–Crippen MR) is 56.2 cm³/mol. The van der Waals surface area contributed by atoms with Crippen LogP contribution in [0.2, 0.25) is 0 Å². The van der Waals surface area contributed by atoms with Gasteiger partial charge in [0, 0.05) is 25.3 Å². The van der Waals surface area contributed by atoms with Crippen LogP contribution in [-0.2, 0) is 4.74 Å². The molecule has 0 aliphatic carbocycles. The first-order valence-electron chi connectivity index (χ1n) is 4.99. The number of ether oxygens (including phenoxy) is 2. The molecule has 0 fully saturated rings. The molecule has 1 unspecified atom stereocenters. The fraction of sp³-hybridized carbons (Fsp3) is 0.455. The van der Waals surface area contributed by atoms with Crippen molar-refractivity contribution in [3.8, 4) is 11.5 Å². The van der Waals surface area contributed by atoms with Gasteiger partial charge in [0.15, 0.2) is 0 Å². The van der Waals surface area contributed by atoms with E-state index >= 15 is 0 Å². The van der Waals surface area contributed by atoms with Crippen LogP contribution in [0.3, 0.4) is 0 Å². The average molecular weight is 209 g/mol. The molecule has 1 aromatic carbocycles. The van der Waals surface area contributed by atoms with Gasteiger partial charge in [-0.2, -0.15) is 0 Å². The van der Waals surface area contributed by atoms with E-state index in [0.29, 0.717) is 13.2 Å². The summed E-state index contributed by atoms with van der Waals surface area (Å²) in [6.45, 7) is 2.09. The van der Waals surface area contributed by atoms with Gasteiger partial charge in [0.1, 0.15) is 18.1 Å². The smallest absolute Gasteiger partial charge is 0.127 e. The van der Waals surface area contributed by atoms with Gasteiger partial charge in [-0.25, -0.2) is 0 Å². The van der Waals surface area contributed by atoms with Crippen LogP contribution in [0.4, 0.5) is 0 Å². The van der Waals surface area contributed by atoms with Crippen LogP contribution in [0.1, 0.15) is 11.6 Å². The molecule has 2 N–H and O–H groups in total. The summed E-state index contributed by atoms with van der Waals surface area (Å²) < 4.78 is 10.4. The Hall–Kier alpha value is -1.26. The van der Waals surface area contributed by atoms with Gasteiger partial charge in [-0.05, 0) is 12.1 Å². The average Bonchev–Trinajstić information content (AvgIpc) is 2.61. The summed E-state index contributed by atoms with van der Waals surface area (Å²) in [6.07, 6.45) is 0. The molecule has 82 valence electrons. The van der Waals surface area contributed by atoms with Crippen molar-refractivity contribution in [2.75, 3.05) is 26.9 Å². The lowest BCUT2D eigenvalue weighted by atomic mass is 10.1. The van der Waals surface area contributed by atoms with Crippen molar-refractivity contribution < 1.29 is 14.6 Å². The number of hydrogen-bond acceptors (Lipinski definition) is 4. The second-order valence-corrected chi connectivity index (χ2v) is 3.53. The second-order valence-electron chi connectivity index (χ2n) is 3.53. The SMILES string of the molecule is COCCNC1COc2cc(O)ccc21. The molecule has 1 aliphatic heterocycles. The minimum absolute atomic E-state index is 0.204. The van der Waals surface area contributed by atoms with Crippen LogP contribution in [0.25, 0.3) is 0 Å². The Morgan fingerprint density at radius 1 is 1.60 bits per heavy atom. The molecule has 15 heavy (non-hydrogen) atoms. The van der Waals surface area contributed by atoms with E-state index in [0.717, 1.165) is 17.9 Å². The number of hydrogen-bond donors (Lipinski definition) is 2. The van der Waals surface area contributed by atoms with E-state index < -0.39 is 0 Å². The third-order valence-electron chi connectivity index (χ3n) is 2.47. The van der Waals surface area contributed by atoms with Gasteiger partial charge in [0.25, 0.3) is 0 Å². The number of rotatable bonds is 4. The molecule has 0 aromatic heterocycles. The summed E-state index contributed by atoms with van der Waals surface area (Å²) in [4.78, 5) is 0. The normalized spacial score (nSPS) is 18.6. The van der Waals surface area contributed by atoms with Gasteiger partial charge in [0.2, 0.25) is 0 Å². The molecule has 4 heteroatoms. The topological polar surface area (TPSA) is 50.7 Å². The quantitative estimate of drug-likeness (QED) is 0.728. The van der Waals surface area contributed by atoms with Crippen molar-refractivity contribution in [1.29, 1.82) is 0 Å². The third-order valence-corrected chi connectivity index (χ3v) is 2.47. The van der Waals surface area contributed by atoms with Crippen molar-refractivity contribution >= 4 is 0 Å². The summed E-state index contributed by atoms with van der Waals surface area (Å²) in [7, 11) is 1.68. The zero-order valence-corrected chi connectivity index (χ0v) is 8.69. The summed E-state index contributed by atoms with van der Waals surface area (Å²) in [6, 6.07) is 5.42. The second kappa shape index (κ2) is 4.51. The number of fused-ring (bicyclic) bond motifs is 1. The molecular weight excluding hydrogens is 194 g/mol. The monoisotopic (exact) mass is 209 g/mol. The Bertz CT molecular complexity index is 341. The Kier molecular flexibility index (Phi) is 3.08. The molecule has 0 saturated carbocycles. The largest absolute Gasteiger partial charge is 0.508 e. The minimum Gasteiger partial charge on any atom is -0.508 e. The van der Waals surface area contributed by atoms with Gasteiger partial charge in [-0.1, -0.05) is 0 Å². The van der Waals surface area contributed by atoms with Crippen LogP contribution in [0.5, 0.6) is 11.5 Å². The lowest BCUT2D eigenvalue weighted by Gasteiger charge is -2.10. The van der Waals surface area contributed by atoms with E-state index in [1.165, 1.54) is 0 Å². The number of phenolic OH excluding ortho intramolecular Hbond substituents is 1. The lowest BCUT2D eigenvalue weighted by molar-refractivity contribution is 0.192. The molecule has 1 aliphatic rings. The van der Waals surface area contributed by atoms with E-state index in [1.807, 2.05) is 6.07 Å². The highest BCUT2D eigenvalue weighted by Gasteiger charge is 2.23. The van der Waals surface area contributed by atoms with Crippen molar-refractivity contribution in [2.24, 2.45) is 0 Å². The van der Waals surface area contributed by atoms with Crippen LogP contribution in [0, 0.1) is 0 Å². The Balaban J connectivity index is 2.02. The molecule has 0 bridgehead atoms. The molecule has 0 radical (unpaired) electrons.